The number of hydrogen-bond acceptors (Lipinski definition) is 6. The lowest BCUT2D eigenvalue weighted by Crippen LogP contribution is -2.36. The molecule has 1 amide bonds. The van der Waals surface area contributed by atoms with E-state index >= 15 is 0 Å². The summed E-state index contributed by atoms with van der Waals surface area (Å²) >= 11 is 0. The van der Waals surface area contributed by atoms with Gasteiger partial charge in [-0.05, 0) is 42.5 Å². The van der Waals surface area contributed by atoms with E-state index in [0.29, 0.717) is 30.0 Å². The highest BCUT2D eigenvalue weighted by atomic mass is 16.5. The number of amides is 1. The summed E-state index contributed by atoms with van der Waals surface area (Å²) < 4.78 is 5.43. The molecule has 1 aromatic heterocycles. The van der Waals surface area contributed by atoms with Gasteiger partial charge in [-0.2, -0.15) is 5.26 Å². The zero-order chi connectivity index (χ0) is 20.8. The molecule has 0 aliphatic carbocycles. The zero-order valence-electron chi connectivity index (χ0n) is 16.3. The van der Waals surface area contributed by atoms with Gasteiger partial charge in [0.15, 0.2) is 0 Å². The molecule has 1 fully saturated rings. The smallest absolute Gasteiger partial charge is 0.257 e. The average Bonchev–Trinajstić information content (AvgIpc) is 2.81. The standard InChI is InChI=1S/C23H21N5O2/c24-14-17-5-7-19(8-6-17)26-20-13-18(15-25-16-20)23(29)27-21-3-1-2-4-22(21)28-9-11-30-12-10-28/h1-8,13,15-16,26H,9-12H2,(H,27,29). The highest BCUT2D eigenvalue weighted by molar-refractivity contribution is 6.06. The van der Waals surface area contributed by atoms with Crippen molar-refractivity contribution in [3.05, 3.63) is 78.1 Å². The Hall–Kier alpha value is -3.89. The third-order valence-corrected chi connectivity index (χ3v) is 4.81. The number of benzene rings is 2. The number of para-hydroxylation sites is 2. The Labute approximate surface area is 174 Å². The molecule has 30 heavy (non-hydrogen) atoms. The average molecular weight is 399 g/mol. The lowest BCUT2D eigenvalue weighted by Gasteiger charge is -2.30. The van der Waals surface area contributed by atoms with E-state index in [1.165, 1.54) is 6.20 Å². The van der Waals surface area contributed by atoms with Crippen LogP contribution in [0.2, 0.25) is 0 Å². The predicted octanol–water partition coefficient (Wildman–Crippen LogP) is 3.79. The summed E-state index contributed by atoms with van der Waals surface area (Å²) in [5, 5.41) is 15.1. The molecule has 7 nitrogen and oxygen atoms in total. The number of aromatic nitrogens is 1. The maximum absolute atomic E-state index is 12.9. The third kappa shape index (κ3) is 4.57. The number of carbonyl (C=O) groups excluding carboxylic acids is 1. The molecule has 3 aromatic rings. The van der Waals surface area contributed by atoms with Crippen LogP contribution in [0.1, 0.15) is 15.9 Å². The van der Waals surface area contributed by atoms with Crippen LogP contribution >= 0.6 is 0 Å². The minimum atomic E-state index is -0.230. The van der Waals surface area contributed by atoms with Gasteiger partial charge in [0, 0.05) is 25.0 Å². The third-order valence-electron chi connectivity index (χ3n) is 4.81. The number of ether oxygens (including phenoxy) is 1. The maximum atomic E-state index is 12.9. The van der Waals surface area contributed by atoms with Gasteiger partial charge in [-0.15, -0.1) is 0 Å². The van der Waals surface area contributed by atoms with E-state index in [1.54, 1.807) is 24.4 Å². The fraction of sp³-hybridized carbons (Fsp3) is 0.174. The molecule has 0 spiro atoms. The molecule has 2 aromatic carbocycles. The van der Waals surface area contributed by atoms with Crippen molar-refractivity contribution in [3.8, 4) is 6.07 Å². The predicted molar refractivity (Wildman–Crippen MR) is 116 cm³/mol. The molecule has 0 radical (unpaired) electrons. The fourth-order valence-corrected chi connectivity index (χ4v) is 3.28. The number of nitriles is 1. The van der Waals surface area contributed by atoms with Crippen molar-refractivity contribution in [3.63, 3.8) is 0 Å². The lowest BCUT2D eigenvalue weighted by molar-refractivity contribution is 0.102. The van der Waals surface area contributed by atoms with E-state index in [4.69, 9.17) is 10.00 Å². The van der Waals surface area contributed by atoms with Crippen molar-refractivity contribution in [2.45, 2.75) is 0 Å². The molecule has 1 aliphatic rings. The van der Waals surface area contributed by atoms with Crippen molar-refractivity contribution in [2.75, 3.05) is 41.8 Å². The van der Waals surface area contributed by atoms with Crippen molar-refractivity contribution < 1.29 is 9.53 Å². The number of hydrogen-bond donors (Lipinski definition) is 2. The fourth-order valence-electron chi connectivity index (χ4n) is 3.28. The van der Waals surface area contributed by atoms with Crippen LogP contribution in [0.25, 0.3) is 0 Å². The van der Waals surface area contributed by atoms with Crippen LogP contribution in [0.3, 0.4) is 0 Å². The summed E-state index contributed by atoms with van der Waals surface area (Å²) in [6, 6.07) is 18.7. The largest absolute Gasteiger partial charge is 0.378 e. The second-order valence-electron chi connectivity index (χ2n) is 6.85. The van der Waals surface area contributed by atoms with E-state index in [-0.39, 0.29) is 5.91 Å². The van der Waals surface area contributed by atoms with Crippen LogP contribution in [0.15, 0.2) is 67.0 Å². The van der Waals surface area contributed by atoms with E-state index < -0.39 is 0 Å². The van der Waals surface area contributed by atoms with Gasteiger partial charge >= 0.3 is 0 Å². The second kappa shape index (κ2) is 9.07. The molecule has 7 heteroatoms. The minimum Gasteiger partial charge on any atom is -0.378 e. The Morgan fingerprint density at radius 3 is 2.57 bits per heavy atom. The SMILES string of the molecule is N#Cc1ccc(Nc2cncc(C(=O)Nc3ccccc3N3CCOCC3)c2)cc1. The van der Waals surface area contributed by atoms with Gasteiger partial charge in [0.25, 0.3) is 5.91 Å². The number of nitrogens with one attached hydrogen (secondary N) is 2. The van der Waals surface area contributed by atoms with Crippen LogP contribution in [0, 0.1) is 11.3 Å². The number of carbonyl (C=O) groups is 1. The number of anilines is 4. The van der Waals surface area contributed by atoms with E-state index in [2.05, 4.69) is 26.6 Å². The Kier molecular flexibility index (Phi) is 5.88. The molecule has 0 atom stereocenters. The molecule has 1 saturated heterocycles. The summed E-state index contributed by atoms with van der Waals surface area (Å²) in [6.07, 6.45) is 3.19. The topological polar surface area (TPSA) is 90.3 Å². The van der Waals surface area contributed by atoms with Gasteiger partial charge in [0.2, 0.25) is 0 Å². The first kappa shape index (κ1) is 19.4. The van der Waals surface area contributed by atoms with Crippen LogP contribution in [0.4, 0.5) is 22.7 Å². The number of nitrogens with zero attached hydrogens (tertiary/aromatic N) is 3. The van der Waals surface area contributed by atoms with Crippen LogP contribution in [0.5, 0.6) is 0 Å². The van der Waals surface area contributed by atoms with Crippen molar-refractivity contribution >= 4 is 28.7 Å². The molecule has 0 saturated carbocycles. The number of pyridine rings is 1. The van der Waals surface area contributed by atoms with Gasteiger partial charge in [0.1, 0.15) is 0 Å². The first-order valence-electron chi connectivity index (χ1n) is 9.68. The van der Waals surface area contributed by atoms with E-state index in [0.717, 1.165) is 30.2 Å². The summed E-state index contributed by atoms with van der Waals surface area (Å²) in [4.78, 5) is 19.3. The molecule has 150 valence electrons. The summed E-state index contributed by atoms with van der Waals surface area (Å²) in [6.45, 7) is 2.93. The van der Waals surface area contributed by atoms with Crippen LogP contribution in [-0.4, -0.2) is 37.2 Å². The van der Waals surface area contributed by atoms with Gasteiger partial charge < -0.3 is 20.3 Å². The molecule has 1 aliphatic heterocycles. The number of morpholine rings is 1. The van der Waals surface area contributed by atoms with Gasteiger partial charge in [-0.3, -0.25) is 9.78 Å². The molecule has 0 bridgehead atoms. The van der Waals surface area contributed by atoms with Crippen molar-refractivity contribution in [1.82, 2.24) is 4.98 Å². The molecule has 4 rings (SSSR count). The van der Waals surface area contributed by atoms with E-state index in [1.807, 2.05) is 36.4 Å². The first-order valence-corrected chi connectivity index (χ1v) is 9.68. The van der Waals surface area contributed by atoms with Crippen LogP contribution < -0.4 is 15.5 Å². The first-order chi connectivity index (χ1) is 14.7. The Balaban J connectivity index is 1.49. The second-order valence-corrected chi connectivity index (χ2v) is 6.85. The summed E-state index contributed by atoms with van der Waals surface area (Å²) in [5.74, 6) is -0.230. The molecular formula is C23H21N5O2. The quantitative estimate of drug-likeness (QED) is 0.678. The molecule has 0 unspecified atom stereocenters. The lowest BCUT2D eigenvalue weighted by atomic mass is 10.2. The monoisotopic (exact) mass is 399 g/mol. The molecular weight excluding hydrogens is 378 g/mol. The summed E-state index contributed by atoms with van der Waals surface area (Å²) in [5.41, 5.74) is 4.28. The Bertz CT molecular complexity index is 1070. The zero-order valence-corrected chi connectivity index (χ0v) is 16.3. The molecule has 2 heterocycles. The van der Waals surface area contributed by atoms with Gasteiger partial charge in [0.05, 0.1) is 53.7 Å². The Morgan fingerprint density at radius 1 is 1.03 bits per heavy atom. The number of rotatable bonds is 5. The van der Waals surface area contributed by atoms with Gasteiger partial charge in [-0.25, -0.2) is 0 Å². The van der Waals surface area contributed by atoms with Crippen LogP contribution in [-0.2, 0) is 4.74 Å². The highest BCUT2D eigenvalue weighted by Gasteiger charge is 2.16. The summed E-state index contributed by atoms with van der Waals surface area (Å²) in [7, 11) is 0. The van der Waals surface area contributed by atoms with Crippen molar-refractivity contribution in [1.29, 1.82) is 5.26 Å². The Morgan fingerprint density at radius 2 is 1.80 bits per heavy atom. The molecule has 2 N–H and O–H groups in total. The normalized spacial score (nSPS) is 13.4. The van der Waals surface area contributed by atoms with Crippen molar-refractivity contribution in [2.24, 2.45) is 0 Å². The van der Waals surface area contributed by atoms with Gasteiger partial charge in [-0.1, -0.05) is 12.1 Å². The highest BCUT2D eigenvalue weighted by Crippen LogP contribution is 2.27. The minimum absolute atomic E-state index is 0.230. The maximum Gasteiger partial charge on any atom is 0.257 e. The van der Waals surface area contributed by atoms with E-state index in [9.17, 15) is 4.79 Å².